The molecule has 182 valence electrons. The van der Waals surface area contributed by atoms with Crippen LogP contribution in [-0.4, -0.2) is 42.0 Å². The fraction of sp³-hybridized carbons (Fsp3) is 0.154. The lowest BCUT2D eigenvalue weighted by Crippen LogP contribution is -2.45. The van der Waals surface area contributed by atoms with Crippen LogP contribution >= 0.6 is 11.3 Å². The molecule has 0 spiro atoms. The number of amides is 2. The van der Waals surface area contributed by atoms with Crippen LogP contribution in [0.4, 0.5) is 5.13 Å². The molecule has 2 amide bonds. The van der Waals surface area contributed by atoms with Crippen molar-refractivity contribution in [3.63, 3.8) is 0 Å². The summed E-state index contributed by atoms with van der Waals surface area (Å²) in [4.78, 5) is 26.1. The van der Waals surface area contributed by atoms with Crippen molar-refractivity contribution >= 4 is 28.3 Å². The van der Waals surface area contributed by atoms with Gasteiger partial charge in [0.15, 0.2) is 11.5 Å². The van der Waals surface area contributed by atoms with E-state index in [1.54, 1.807) is 31.4 Å². The van der Waals surface area contributed by atoms with Crippen LogP contribution in [-0.2, 0) is 11.2 Å². The number of nitrogens with one attached hydrogen (secondary N) is 2. The van der Waals surface area contributed by atoms with E-state index in [1.807, 2.05) is 48.5 Å². The number of nitrogens with zero attached hydrogens (tertiary/aromatic N) is 2. The summed E-state index contributed by atoms with van der Waals surface area (Å²) in [7, 11) is 1.56. The average molecular weight is 503 g/mol. The molecule has 36 heavy (non-hydrogen) atoms. The number of rotatable bonds is 8. The van der Waals surface area contributed by atoms with Gasteiger partial charge in [-0.3, -0.25) is 14.9 Å². The molecule has 0 saturated heterocycles. The Bertz CT molecular complexity index is 1370. The number of hydrogen-bond donors (Lipinski definition) is 2. The van der Waals surface area contributed by atoms with Crippen molar-refractivity contribution in [3.8, 4) is 27.8 Å². The first-order chi connectivity index (χ1) is 17.6. The van der Waals surface area contributed by atoms with Gasteiger partial charge in [-0.25, -0.2) is 0 Å². The molecule has 4 aromatic rings. The Morgan fingerprint density at radius 3 is 2.56 bits per heavy atom. The molecule has 0 radical (unpaired) electrons. The van der Waals surface area contributed by atoms with Crippen LogP contribution in [0.1, 0.15) is 15.9 Å². The quantitative estimate of drug-likeness (QED) is 0.376. The molecule has 1 aliphatic heterocycles. The summed E-state index contributed by atoms with van der Waals surface area (Å²) in [6.45, 7) is 0.182. The topological polar surface area (TPSA) is 112 Å². The first-order valence-electron chi connectivity index (χ1n) is 11.1. The van der Waals surface area contributed by atoms with Crippen molar-refractivity contribution in [2.75, 3.05) is 19.2 Å². The molecule has 2 N–H and O–H groups in total. The van der Waals surface area contributed by atoms with E-state index >= 15 is 0 Å². The second-order valence-electron chi connectivity index (χ2n) is 7.91. The third-order valence-electron chi connectivity index (χ3n) is 5.53. The average Bonchev–Trinajstić information content (AvgIpc) is 3.58. The zero-order valence-electron chi connectivity index (χ0n) is 19.3. The van der Waals surface area contributed by atoms with E-state index in [0.717, 1.165) is 11.1 Å². The summed E-state index contributed by atoms with van der Waals surface area (Å²) < 4.78 is 15.9. The number of benzene rings is 3. The summed E-state index contributed by atoms with van der Waals surface area (Å²) >= 11 is 1.23. The van der Waals surface area contributed by atoms with Gasteiger partial charge in [-0.05, 0) is 48.0 Å². The fourth-order valence-corrected chi connectivity index (χ4v) is 4.40. The Morgan fingerprint density at radius 1 is 1.00 bits per heavy atom. The van der Waals surface area contributed by atoms with E-state index < -0.39 is 11.9 Å². The summed E-state index contributed by atoms with van der Waals surface area (Å²) in [6.07, 6.45) is 0.308. The highest BCUT2D eigenvalue weighted by Gasteiger charge is 2.24. The molecule has 2 heterocycles. The molecular formula is C26H22N4O5S. The van der Waals surface area contributed by atoms with Gasteiger partial charge in [-0.2, -0.15) is 0 Å². The summed E-state index contributed by atoms with van der Waals surface area (Å²) in [6, 6.07) is 20.8. The van der Waals surface area contributed by atoms with Crippen molar-refractivity contribution in [1.29, 1.82) is 0 Å². The number of fused-ring (bicyclic) bond motifs is 1. The Morgan fingerprint density at radius 2 is 1.78 bits per heavy atom. The van der Waals surface area contributed by atoms with Gasteiger partial charge in [0.2, 0.25) is 17.8 Å². The number of hydrogen-bond acceptors (Lipinski definition) is 8. The first kappa shape index (κ1) is 23.3. The Kier molecular flexibility index (Phi) is 6.76. The van der Waals surface area contributed by atoms with E-state index in [-0.39, 0.29) is 12.7 Å². The van der Waals surface area contributed by atoms with Gasteiger partial charge in [0.05, 0.1) is 7.11 Å². The molecule has 0 saturated carbocycles. The number of carbonyl (C=O) groups is 2. The van der Waals surface area contributed by atoms with Crippen LogP contribution in [0, 0.1) is 0 Å². The van der Waals surface area contributed by atoms with Crippen LogP contribution in [0.5, 0.6) is 17.2 Å². The molecule has 1 unspecified atom stereocenters. The van der Waals surface area contributed by atoms with Gasteiger partial charge < -0.3 is 19.5 Å². The number of carbonyl (C=O) groups excluding carboxylic acids is 2. The summed E-state index contributed by atoms with van der Waals surface area (Å²) in [5, 5.41) is 14.9. The minimum atomic E-state index is -0.833. The smallest absolute Gasteiger partial charge is 0.251 e. The highest BCUT2D eigenvalue weighted by molar-refractivity contribution is 7.18. The number of anilines is 1. The normalized spacial score (nSPS) is 12.6. The second kappa shape index (κ2) is 10.4. The maximum absolute atomic E-state index is 13.2. The Balaban J connectivity index is 1.32. The summed E-state index contributed by atoms with van der Waals surface area (Å²) in [5.41, 5.74) is 2.12. The number of ether oxygens (including phenoxy) is 3. The highest BCUT2D eigenvalue weighted by atomic mass is 32.1. The zero-order valence-corrected chi connectivity index (χ0v) is 20.1. The van der Waals surface area contributed by atoms with Crippen molar-refractivity contribution in [3.05, 3.63) is 83.9 Å². The number of aromatic nitrogens is 2. The fourth-order valence-electron chi connectivity index (χ4n) is 3.66. The minimum absolute atomic E-state index is 0.182. The Labute approximate surface area is 211 Å². The second-order valence-corrected chi connectivity index (χ2v) is 8.89. The summed E-state index contributed by atoms with van der Waals surface area (Å²) in [5.74, 6) is 1.19. The van der Waals surface area contributed by atoms with Crippen LogP contribution in [0.3, 0.4) is 0 Å². The van der Waals surface area contributed by atoms with Crippen LogP contribution in [0.15, 0.2) is 72.8 Å². The molecule has 5 rings (SSSR count). The van der Waals surface area contributed by atoms with Crippen LogP contribution < -0.4 is 24.8 Å². The lowest BCUT2D eigenvalue weighted by Gasteiger charge is -2.18. The predicted molar refractivity (Wildman–Crippen MR) is 134 cm³/mol. The highest BCUT2D eigenvalue weighted by Crippen LogP contribution is 2.37. The largest absolute Gasteiger partial charge is 0.497 e. The molecule has 0 bridgehead atoms. The van der Waals surface area contributed by atoms with Gasteiger partial charge >= 0.3 is 0 Å². The molecule has 1 atom stereocenters. The Hall–Kier alpha value is -4.44. The van der Waals surface area contributed by atoms with Gasteiger partial charge in [0, 0.05) is 17.5 Å². The maximum atomic E-state index is 13.2. The zero-order chi connectivity index (χ0) is 24.9. The molecule has 3 aromatic carbocycles. The van der Waals surface area contributed by atoms with Crippen molar-refractivity contribution in [2.24, 2.45) is 0 Å². The molecule has 10 heteroatoms. The minimum Gasteiger partial charge on any atom is -0.497 e. The monoisotopic (exact) mass is 502 g/mol. The standard InChI is InChI=1S/C26H22N4O5S/c1-33-19-10-7-17(8-11-19)23(31)27-20(13-16-5-3-2-4-6-16)24(32)28-26-30-29-25(36-26)18-9-12-21-22(14-18)35-15-34-21/h2-12,14,20H,13,15H2,1H3,(H,27,31)(H,28,30,32). The van der Waals surface area contributed by atoms with E-state index in [2.05, 4.69) is 20.8 Å². The third-order valence-corrected chi connectivity index (χ3v) is 6.42. The SMILES string of the molecule is COc1ccc(C(=O)NC(Cc2ccccc2)C(=O)Nc2nnc(-c3ccc4c(c3)OCO4)s2)cc1. The maximum Gasteiger partial charge on any atom is 0.251 e. The van der Waals surface area contributed by atoms with E-state index in [9.17, 15) is 9.59 Å². The molecule has 1 aromatic heterocycles. The molecular weight excluding hydrogens is 480 g/mol. The van der Waals surface area contributed by atoms with Crippen LogP contribution in [0.25, 0.3) is 10.6 Å². The molecule has 9 nitrogen and oxygen atoms in total. The van der Waals surface area contributed by atoms with Gasteiger partial charge in [-0.1, -0.05) is 41.7 Å². The first-order valence-corrected chi connectivity index (χ1v) is 11.9. The lowest BCUT2D eigenvalue weighted by atomic mass is 10.0. The van der Waals surface area contributed by atoms with Crippen LogP contribution in [0.2, 0.25) is 0 Å². The third kappa shape index (κ3) is 5.28. The van der Waals surface area contributed by atoms with Crippen molar-refractivity contribution in [1.82, 2.24) is 15.5 Å². The van der Waals surface area contributed by atoms with E-state index in [0.29, 0.717) is 39.4 Å². The van der Waals surface area contributed by atoms with E-state index in [1.165, 1.54) is 11.3 Å². The van der Waals surface area contributed by atoms with Crippen molar-refractivity contribution in [2.45, 2.75) is 12.5 Å². The molecule has 1 aliphatic rings. The van der Waals surface area contributed by atoms with Gasteiger partial charge in [-0.15, -0.1) is 10.2 Å². The van der Waals surface area contributed by atoms with Crippen molar-refractivity contribution < 1.29 is 23.8 Å². The lowest BCUT2D eigenvalue weighted by molar-refractivity contribution is -0.118. The van der Waals surface area contributed by atoms with Gasteiger partial charge in [0.25, 0.3) is 5.91 Å². The predicted octanol–water partition coefficient (Wildman–Crippen LogP) is 3.92. The number of methoxy groups -OCH3 is 1. The molecule has 0 aliphatic carbocycles. The van der Waals surface area contributed by atoms with Gasteiger partial charge in [0.1, 0.15) is 16.8 Å². The molecule has 0 fully saturated rings. The van der Waals surface area contributed by atoms with E-state index in [4.69, 9.17) is 14.2 Å².